The summed E-state index contributed by atoms with van der Waals surface area (Å²) >= 11 is 12.0. The smallest absolute Gasteiger partial charge is 0.261 e. The van der Waals surface area contributed by atoms with E-state index in [9.17, 15) is 14.4 Å². The minimum atomic E-state index is -0.480. The topological polar surface area (TPSA) is 79.6 Å². The van der Waals surface area contributed by atoms with Gasteiger partial charge in [0.25, 0.3) is 17.7 Å². The highest BCUT2D eigenvalue weighted by Gasteiger charge is 2.36. The molecule has 0 fully saturated rings. The summed E-state index contributed by atoms with van der Waals surface area (Å²) in [5.41, 5.74) is 0.979. The fraction of sp³-hybridized carbons (Fsp3) is 0.0500. The van der Waals surface area contributed by atoms with E-state index in [2.05, 4.69) is 5.32 Å². The van der Waals surface area contributed by atoms with Gasteiger partial charge in [-0.1, -0.05) is 23.2 Å². The van der Waals surface area contributed by atoms with Gasteiger partial charge in [-0.05, 0) is 48.5 Å². The largest absolute Gasteiger partial charge is 0.467 e. The molecule has 0 saturated heterocycles. The Kier molecular flexibility index (Phi) is 4.66. The Morgan fingerprint density at radius 1 is 1.00 bits per heavy atom. The molecule has 6 nitrogen and oxygen atoms in total. The summed E-state index contributed by atoms with van der Waals surface area (Å²) in [5, 5.41) is 3.40. The maximum atomic E-state index is 12.7. The molecule has 0 radical (unpaired) electrons. The summed E-state index contributed by atoms with van der Waals surface area (Å²) in [4.78, 5) is 38.8. The van der Waals surface area contributed by atoms with Gasteiger partial charge in [-0.2, -0.15) is 0 Å². The summed E-state index contributed by atoms with van der Waals surface area (Å²) in [6.07, 6.45) is 1.47. The molecule has 0 unspecified atom stereocenters. The lowest BCUT2D eigenvalue weighted by molar-refractivity contribution is 0.0631. The van der Waals surface area contributed by atoms with E-state index in [1.807, 2.05) is 0 Å². The van der Waals surface area contributed by atoms with Crippen molar-refractivity contribution in [2.75, 3.05) is 5.32 Å². The SMILES string of the molecule is O=C(Nc1cc(Cl)ccc1Cl)c1ccc2c(c1)C(=O)N(Cc1ccco1)C2=O. The van der Waals surface area contributed by atoms with Crippen LogP contribution in [0.25, 0.3) is 0 Å². The highest BCUT2D eigenvalue weighted by atomic mass is 35.5. The summed E-state index contributed by atoms with van der Waals surface area (Å²) in [6.45, 7) is 0.0268. The number of fused-ring (bicyclic) bond motifs is 1. The van der Waals surface area contributed by atoms with Crippen LogP contribution in [0.3, 0.4) is 0 Å². The molecule has 4 rings (SSSR count). The molecule has 140 valence electrons. The highest BCUT2D eigenvalue weighted by molar-refractivity contribution is 6.36. The van der Waals surface area contributed by atoms with Crippen molar-refractivity contribution in [2.45, 2.75) is 6.54 Å². The predicted molar refractivity (Wildman–Crippen MR) is 104 cm³/mol. The second-order valence-corrected chi connectivity index (χ2v) is 6.96. The van der Waals surface area contributed by atoms with Crippen LogP contribution in [0.2, 0.25) is 10.0 Å². The molecule has 1 aliphatic heterocycles. The van der Waals surface area contributed by atoms with Crippen LogP contribution in [0.4, 0.5) is 5.69 Å². The number of carbonyl (C=O) groups is 3. The zero-order chi connectivity index (χ0) is 19.8. The van der Waals surface area contributed by atoms with E-state index in [0.29, 0.717) is 21.5 Å². The Balaban J connectivity index is 1.59. The second kappa shape index (κ2) is 7.14. The Morgan fingerprint density at radius 2 is 1.79 bits per heavy atom. The highest BCUT2D eigenvalue weighted by Crippen LogP contribution is 2.28. The molecular formula is C20H12Cl2N2O4. The van der Waals surface area contributed by atoms with Gasteiger partial charge in [0.2, 0.25) is 0 Å². The van der Waals surface area contributed by atoms with Crippen molar-refractivity contribution in [3.63, 3.8) is 0 Å². The number of hydrogen-bond acceptors (Lipinski definition) is 4. The van der Waals surface area contributed by atoms with E-state index in [-0.39, 0.29) is 23.2 Å². The van der Waals surface area contributed by atoms with Gasteiger partial charge in [0.15, 0.2) is 0 Å². The summed E-state index contributed by atoms with van der Waals surface area (Å²) < 4.78 is 5.21. The van der Waals surface area contributed by atoms with Crippen molar-refractivity contribution in [1.82, 2.24) is 4.90 Å². The fourth-order valence-corrected chi connectivity index (χ4v) is 3.26. The monoisotopic (exact) mass is 414 g/mol. The molecule has 28 heavy (non-hydrogen) atoms. The van der Waals surface area contributed by atoms with Crippen molar-refractivity contribution < 1.29 is 18.8 Å². The van der Waals surface area contributed by atoms with Crippen LogP contribution in [0, 0.1) is 0 Å². The number of rotatable bonds is 4. The maximum Gasteiger partial charge on any atom is 0.261 e. The van der Waals surface area contributed by atoms with Crippen LogP contribution < -0.4 is 5.32 Å². The van der Waals surface area contributed by atoms with Gasteiger partial charge >= 0.3 is 0 Å². The first-order chi connectivity index (χ1) is 13.4. The number of furan rings is 1. The van der Waals surface area contributed by atoms with E-state index in [1.54, 1.807) is 24.3 Å². The van der Waals surface area contributed by atoms with E-state index in [0.717, 1.165) is 4.90 Å². The van der Waals surface area contributed by atoms with Crippen molar-refractivity contribution >= 4 is 46.6 Å². The molecule has 3 aromatic rings. The van der Waals surface area contributed by atoms with E-state index >= 15 is 0 Å². The van der Waals surface area contributed by atoms with Crippen LogP contribution in [0.15, 0.2) is 59.2 Å². The zero-order valence-electron chi connectivity index (χ0n) is 14.2. The van der Waals surface area contributed by atoms with Gasteiger partial charge in [0.05, 0.1) is 34.6 Å². The molecule has 1 aliphatic rings. The number of hydrogen-bond donors (Lipinski definition) is 1. The average molecular weight is 415 g/mol. The fourth-order valence-electron chi connectivity index (χ4n) is 2.92. The first kappa shape index (κ1) is 18.3. The van der Waals surface area contributed by atoms with Crippen LogP contribution >= 0.6 is 23.2 Å². The molecule has 8 heteroatoms. The minimum absolute atomic E-state index is 0.0268. The molecule has 0 saturated carbocycles. The molecule has 1 N–H and O–H groups in total. The van der Waals surface area contributed by atoms with Gasteiger partial charge in [0.1, 0.15) is 5.76 Å². The lowest BCUT2D eigenvalue weighted by Gasteiger charge is -2.11. The van der Waals surface area contributed by atoms with E-state index in [4.69, 9.17) is 27.6 Å². The number of benzene rings is 2. The summed E-state index contributed by atoms with van der Waals surface area (Å²) in [6, 6.07) is 12.4. The molecule has 1 aromatic heterocycles. The Hall–Kier alpha value is -3.09. The van der Waals surface area contributed by atoms with Crippen molar-refractivity contribution in [1.29, 1.82) is 0 Å². The van der Waals surface area contributed by atoms with Crippen molar-refractivity contribution in [3.8, 4) is 0 Å². The van der Waals surface area contributed by atoms with Crippen molar-refractivity contribution in [2.24, 2.45) is 0 Å². The quantitative estimate of drug-likeness (QED) is 0.630. The van der Waals surface area contributed by atoms with Gasteiger partial charge in [-0.15, -0.1) is 0 Å². The molecule has 0 spiro atoms. The zero-order valence-corrected chi connectivity index (χ0v) is 15.8. The van der Waals surface area contributed by atoms with Gasteiger partial charge in [-0.25, -0.2) is 0 Å². The number of halogens is 2. The third-order valence-electron chi connectivity index (χ3n) is 4.30. The number of imide groups is 1. The molecule has 2 aromatic carbocycles. The molecule has 0 bridgehead atoms. The maximum absolute atomic E-state index is 12.7. The lowest BCUT2D eigenvalue weighted by atomic mass is 10.1. The molecule has 3 amide bonds. The normalized spacial score (nSPS) is 13.0. The van der Waals surface area contributed by atoms with Crippen LogP contribution in [0.5, 0.6) is 0 Å². The summed E-state index contributed by atoms with van der Waals surface area (Å²) in [5.74, 6) is -0.896. The molecular weight excluding hydrogens is 403 g/mol. The second-order valence-electron chi connectivity index (χ2n) is 6.11. The number of nitrogens with zero attached hydrogens (tertiary/aromatic N) is 1. The summed E-state index contributed by atoms with van der Waals surface area (Å²) in [7, 11) is 0. The Morgan fingerprint density at radius 3 is 2.54 bits per heavy atom. The van der Waals surface area contributed by atoms with Gasteiger partial charge < -0.3 is 9.73 Å². The standard InChI is InChI=1S/C20H12Cl2N2O4/c21-12-4-6-16(22)17(9-12)23-18(25)11-3-5-14-15(8-11)20(27)24(19(14)26)10-13-2-1-7-28-13/h1-9H,10H2,(H,23,25). The molecule has 2 heterocycles. The van der Waals surface area contributed by atoms with E-state index < -0.39 is 17.7 Å². The minimum Gasteiger partial charge on any atom is -0.467 e. The van der Waals surface area contributed by atoms with Gasteiger partial charge in [0, 0.05) is 10.6 Å². The van der Waals surface area contributed by atoms with Crippen LogP contribution in [0.1, 0.15) is 36.8 Å². The number of nitrogens with one attached hydrogen (secondary N) is 1. The average Bonchev–Trinajstić information content (AvgIpc) is 3.27. The Labute approximate surface area is 169 Å². The molecule has 0 aliphatic carbocycles. The number of amides is 3. The van der Waals surface area contributed by atoms with E-state index in [1.165, 1.54) is 30.5 Å². The lowest BCUT2D eigenvalue weighted by Crippen LogP contribution is -2.28. The third kappa shape index (κ3) is 3.28. The first-order valence-corrected chi connectivity index (χ1v) is 8.98. The number of anilines is 1. The van der Waals surface area contributed by atoms with Gasteiger partial charge in [-0.3, -0.25) is 19.3 Å². The third-order valence-corrected chi connectivity index (χ3v) is 4.87. The van der Waals surface area contributed by atoms with Crippen LogP contribution in [-0.4, -0.2) is 22.6 Å². The first-order valence-electron chi connectivity index (χ1n) is 8.23. The predicted octanol–water partition coefficient (Wildman–Crippen LogP) is 4.63. The molecule has 0 atom stereocenters. The van der Waals surface area contributed by atoms with Crippen molar-refractivity contribution in [3.05, 3.63) is 87.3 Å². The Bertz CT molecular complexity index is 1110. The van der Waals surface area contributed by atoms with Crippen LogP contribution in [-0.2, 0) is 6.54 Å². The number of carbonyl (C=O) groups excluding carboxylic acids is 3.